The molecule has 152 valence electrons. The van der Waals surface area contributed by atoms with Gasteiger partial charge >= 0.3 is 0 Å². The summed E-state index contributed by atoms with van der Waals surface area (Å²) in [4.78, 5) is 6.72. The van der Waals surface area contributed by atoms with Crippen LogP contribution >= 0.6 is 24.0 Å². The van der Waals surface area contributed by atoms with E-state index < -0.39 is 0 Å². The Hall–Kier alpha value is -2.16. The van der Waals surface area contributed by atoms with E-state index >= 15 is 0 Å². The van der Waals surface area contributed by atoms with Gasteiger partial charge in [-0.2, -0.15) is 0 Å². The average Bonchev–Trinajstić information content (AvgIpc) is 3.19. The fourth-order valence-electron chi connectivity index (χ4n) is 3.40. The molecular formula is C21H29IN4O2. The fourth-order valence-corrected chi connectivity index (χ4v) is 3.40. The number of nitrogens with one attached hydrogen (secondary N) is 2. The number of methoxy groups -OCH3 is 2. The van der Waals surface area contributed by atoms with Crippen molar-refractivity contribution in [1.82, 2.24) is 10.6 Å². The third-order valence-corrected chi connectivity index (χ3v) is 4.82. The van der Waals surface area contributed by atoms with Crippen molar-refractivity contribution in [2.24, 2.45) is 4.99 Å². The number of para-hydroxylation sites is 3. The minimum atomic E-state index is 0. The number of nitrogens with zero attached hydrogens (tertiary/aromatic N) is 2. The van der Waals surface area contributed by atoms with Crippen LogP contribution < -0.4 is 25.0 Å². The predicted molar refractivity (Wildman–Crippen MR) is 125 cm³/mol. The zero-order chi connectivity index (χ0) is 19.1. The SMILES string of the molecule is CN=C(NCc1ccccc1OC)NC1CCN(c2ccccc2OC)C1.I. The third-order valence-electron chi connectivity index (χ3n) is 4.82. The van der Waals surface area contributed by atoms with Gasteiger partial charge in [0.15, 0.2) is 5.96 Å². The molecule has 1 atom stereocenters. The molecule has 0 aliphatic carbocycles. The zero-order valence-electron chi connectivity index (χ0n) is 16.6. The maximum Gasteiger partial charge on any atom is 0.191 e. The van der Waals surface area contributed by atoms with E-state index in [1.54, 1.807) is 21.3 Å². The van der Waals surface area contributed by atoms with Crippen LogP contribution in [0.15, 0.2) is 53.5 Å². The van der Waals surface area contributed by atoms with Gasteiger partial charge in [0.1, 0.15) is 11.5 Å². The number of halogens is 1. The summed E-state index contributed by atoms with van der Waals surface area (Å²) in [5, 5.41) is 6.91. The summed E-state index contributed by atoms with van der Waals surface area (Å²) in [7, 11) is 5.20. The van der Waals surface area contributed by atoms with E-state index in [1.807, 2.05) is 36.4 Å². The van der Waals surface area contributed by atoms with Crippen LogP contribution in [-0.2, 0) is 6.54 Å². The molecule has 1 aliphatic heterocycles. The Morgan fingerprint density at radius 3 is 2.46 bits per heavy atom. The molecule has 0 radical (unpaired) electrons. The van der Waals surface area contributed by atoms with Gasteiger partial charge in [-0.1, -0.05) is 30.3 Å². The molecule has 2 aromatic rings. The van der Waals surface area contributed by atoms with Gasteiger partial charge in [0.2, 0.25) is 0 Å². The normalized spacial score (nSPS) is 16.3. The lowest BCUT2D eigenvalue weighted by Crippen LogP contribution is -2.44. The van der Waals surface area contributed by atoms with Crippen molar-refractivity contribution in [3.05, 3.63) is 54.1 Å². The van der Waals surface area contributed by atoms with E-state index in [1.165, 1.54) is 0 Å². The molecule has 0 aromatic heterocycles. The monoisotopic (exact) mass is 496 g/mol. The molecule has 2 aromatic carbocycles. The van der Waals surface area contributed by atoms with E-state index in [-0.39, 0.29) is 24.0 Å². The lowest BCUT2D eigenvalue weighted by Gasteiger charge is -2.22. The summed E-state index contributed by atoms with van der Waals surface area (Å²) in [5.41, 5.74) is 2.24. The number of hydrogen-bond donors (Lipinski definition) is 2. The molecule has 0 bridgehead atoms. The molecule has 1 saturated heterocycles. The molecule has 1 heterocycles. The van der Waals surface area contributed by atoms with Gasteiger partial charge in [-0.15, -0.1) is 24.0 Å². The van der Waals surface area contributed by atoms with Crippen molar-refractivity contribution >= 4 is 35.6 Å². The van der Waals surface area contributed by atoms with Crippen LogP contribution in [0, 0.1) is 0 Å². The quantitative estimate of drug-likeness (QED) is 0.366. The smallest absolute Gasteiger partial charge is 0.191 e. The number of hydrogen-bond acceptors (Lipinski definition) is 4. The molecule has 6 nitrogen and oxygen atoms in total. The van der Waals surface area contributed by atoms with Crippen molar-refractivity contribution in [2.75, 3.05) is 39.3 Å². The van der Waals surface area contributed by atoms with Gasteiger partial charge in [-0.25, -0.2) is 0 Å². The Bertz CT molecular complexity index is 785. The summed E-state index contributed by atoms with van der Waals surface area (Å²) in [6.07, 6.45) is 1.05. The number of anilines is 1. The van der Waals surface area contributed by atoms with Crippen molar-refractivity contribution in [3.63, 3.8) is 0 Å². The molecule has 1 fully saturated rings. The van der Waals surface area contributed by atoms with Crippen molar-refractivity contribution in [1.29, 1.82) is 0 Å². The Balaban J connectivity index is 0.00000280. The summed E-state index contributed by atoms with van der Waals surface area (Å²) in [5.74, 6) is 2.59. The van der Waals surface area contributed by atoms with Gasteiger partial charge in [-0.05, 0) is 24.6 Å². The van der Waals surface area contributed by atoms with E-state index in [9.17, 15) is 0 Å². The highest BCUT2D eigenvalue weighted by molar-refractivity contribution is 14.0. The van der Waals surface area contributed by atoms with Gasteiger partial charge in [0.25, 0.3) is 0 Å². The van der Waals surface area contributed by atoms with E-state index in [0.29, 0.717) is 12.6 Å². The molecule has 0 spiro atoms. The summed E-state index contributed by atoms with van der Waals surface area (Å²) >= 11 is 0. The summed E-state index contributed by atoms with van der Waals surface area (Å²) < 4.78 is 10.9. The number of benzene rings is 2. The molecule has 28 heavy (non-hydrogen) atoms. The Labute approximate surface area is 184 Å². The van der Waals surface area contributed by atoms with Crippen molar-refractivity contribution < 1.29 is 9.47 Å². The summed E-state index contributed by atoms with van der Waals surface area (Å²) in [6, 6.07) is 16.5. The van der Waals surface area contributed by atoms with Crippen molar-refractivity contribution in [3.8, 4) is 11.5 Å². The first-order valence-electron chi connectivity index (χ1n) is 9.22. The number of ether oxygens (including phenoxy) is 2. The topological polar surface area (TPSA) is 58.1 Å². The van der Waals surface area contributed by atoms with Crippen LogP contribution in [0.3, 0.4) is 0 Å². The van der Waals surface area contributed by atoms with Crippen LogP contribution in [-0.4, -0.2) is 46.4 Å². The third kappa shape index (κ3) is 5.43. The molecule has 1 unspecified atom stereocenters. The molecule has 3 rings (SSSR count). The predicted octanol–water partition coefficient (Wildman–Crippen LogP) is 3.27. The molecule has 0 saturated carbocycles. The Morgan fingerprint density at radius 1 is 1.07 bits per heavy atom. The van der Waals surface area contributed by atoms with E-state index in [4.69, 9.17) is 9.47 Å². The number of aliphatic imine (C=N–C) groups is 1. The maximum absolute atomic E-state index is 5.49. The number of rotatable bonds is 6. The van der Waals surface area contributed by atoms with Gasteiger partial charge in [-0.3, -0.25) is 4.99 Å². The first-order chi connectivity index (χ1) is 13.2. The molecule has 7 heteroatoms. The molecule has 1 aliphatic rings. The summed E-state index contributed by atoms with van der Waals surface area (Å²) in [6.45, 7) is 2.56. The van der Waals surface area contributed by atoms with Crippen LogP contribution in [0.2, 0.25) is 0 Å². The molecule has 2 N–H and O–H groups in total. The van der Waals surface area contributed by atoms with Crippen LogP contribution in [0.1, 0.15) is 12.0 Å². The first-order valence-corrected chi connectivity index (χ1v) is 9.22. The van der Waals surface area contributed by atoms with Crippen molar-refractivity contribution in [2.45, 2.75) is 19.0 Å². The molecule has 0 amide bonds. The average molecular weight is 496 g/mol. The Kier molecular flexibility index (Phi) is 8.69. The zero-order valence-corrected chi connectivity index (χ0v) is 19.0. The maximum atomic E-state index is 5.49. The van der Waals surface area contributed by atoms with Gasteiger partial charge in [0.05, 0.1) is 19.9 Å². The van der Waals surface area contributed by atoms with Gasteiger partial charge in [0, 0.05) is 38.3 Å². The lowest BCUT2D eigenvalue weighted by molar-refractivity contribution is 0.409. The minimum absolute atomic E-state index is 0. The van der Waals surface area contributed by atoms with Gasteiger partial charge < -0.3 is 25.0 Å². The lowest BCUT2D eigenvalue weighted by atomic mass is 10.2. The first kappa shape index (κ1) is 22.1. The molecular weight excluding hydrogens is 467 g/mol. The second-order valence-electron chi connectivity index (χ2n) is 6.49. The van der Waals surface area contributed by atoms with E-state index in [2.05, 4.69) is 32.7 Å². The number of guanidine groups is 1. The largest absolute Gasteiger partial charge is 0.496 e. The van der Waals surface area contributed by atoms with E-state index in [0.717, 1.165) is 48.2 Å². The van der Waals surface area contributed by atoms with Crippen LogP contribution in [0.25, 0.3) is 0 Å². The standard InChI is InChI=1S/C21H28N4O2.HI/c1-22-21(23-14-16-8-4-6-10-19(16)26-2)24-17-12-13-25(15-17)18-9-5-7-11-20(18)27-3;/h4-11,17H,12-15H2,1-3H3,(H2,22,23,24);1H. The van der Waals surface area contributed by atoms with Crippen LogP contribution in [0.4, 0.5) is 5.69 Å². The minimum Gasteiger partial charge on any atom is -0.496 e. The second kappa shape index (κ2) is 11.0. The highest BCUT2D eigenvalue weighted by Gasteiger charge is 2.25. The fraction of sp³-hybridized carbons (Fsp3) is 0.381. The van der Waals surface area contributed by atoms with Crippen LogP contribution in [0.5, 0.6) is 11.5 Å². The highest BCUT2D eigenvalue weighted by Crippen LogP contribution is 2.30. The highest BCUT2D eigenvalue weighted by atomic mass is 127. The second-order valence-corrected chi connectivity index (χ2v) is 6.49. The Morgan fingerprint density at radius 2 is 1.75 bits per heavy atom.